The lowest BCUT2D eigenvalue weighted by molar-refractivity contribution is 0.0704. The van der Waals surface area contributed by atoms with Gasteiger partial charge in [0.15, 0.2) is 0 Å². The van der Waals surface area contributed by atoms with Crippen LogP contribution in [0, 0.1) is 6.92 Å². The summed E-state index contributed by atoms with van der Waals surface area (Å²) < 4.78 is 0. The summed E-state index contributed by atoms with van der Waals surface area (Å²) in [6, 6.07) is 5.79. The first-order chi connectivity index (χ1) is 9.02. The Morgan fingerprint density at radius 3 is 2.74 bits per heavy atom. The van der Waals surface area contributed by atoms with E-state index in [2.05, 4.69) is 15.9 Å². The molecule has 1 fully saturated rings. The highest BCUT2D eigenvalue weighted by Gasteiger charge is 2.30. The van der Waals surface area contributed by atoms with E-state index in [0.717, 1.165) is 18.4 Å². The highest BCUT2D eigenvalue weighted by atomic mass is 79.9. The van der Waals surface area contributed by atoms with Crippen LogP contribution in [0.25, 0.3) is 0 Å². The molecule has 0 heterocycles. The van der Waals surface area contributed by atoms with Gasteiger partial charge in [0.2, 0.25) is 0 Å². The summed E-state index contributed by atoms with van der Waals surface area (Å²) in [6.45, 7) is 1.90. The Morgan fingerprint density at radius 1 is 1.37 bits per heavy atom. The zero-order valence-electron chi connectivity index (χ0n) is 11.3. The van der Waals surface area contributed by atoms with Gasteiger partial charge in [0, 0.05) is 28.5 Å². The Bertz CT molecular complexity index is 477. The highest BCUT2D eigenvalue weighted by molar-refractivity contribution is 9.09. The van der Waals surface area contributed by atoms with Crippen LogP contribution < -0.4 is 0 Å². The molecule has 0 spiro atoms. The van der Waals surface area contributed by atoms with Gasteiger partial charge >= 0.3 is 0 Å². The van der Waals surface area contributed by atoms with Gasteiger partial charge in [0.1, 0.15) is 0 Å². The van der Waals surface area contributed by atoms with E-state index in [1.165, 1.54) is 12.8 Å². The van der Waals surface area contributed by atoms with Crippen molar-refractivity contribution in [2.45, 2.75) is 43.5 Å². The van der Waals surface area contributed by atoms with Crippen molar-refractivity contribution >= 4 is 33.4 Å². The number of rotatable bonds is 2. The molecule has 0 aromatic heterocycles. The number of benzene rings is 1. The van der Waals surface area contributed by atoms with Crippen molar-refractivity contribution in [3.63, 3.8) is 0 Å². The van der Waals surface area contributed by atoms with Gasteiger partial charge in [0.25, 0.3) is 5.91 Å². The number of alkyl halides is 1. The first kappa shape index (κ1) is 14.9. The first-order valence-electron chi connectivity index (χ1n) is 6.68. The standard InChI is InChI=1S/C15H19BrClNO/c1-10-11(6-5-8-13(10)17)15(19)18(2)14-9-4-3-7-12(14)16/h5-6,8,12,14H,3-4,7,9H2,1-2H3. The van der Waals surface area contributed by atoms with Crippen molar-refractivity contribution in [2.75, 3.05) is 7.05 Å². The first-order valence-corrected chi connectivity index (χ1v) is 7.98. The summed E-state index contributed by atoms with van der Waals surface area (Å²) in [7, 11) is 1.90. The molecule has 1 amide bonds. The number of carbonyl (C=O) groups is 1. The number of halogens is 2. The molecule has 0 N–H and O–H groups in total. The third kappa shape index (κ3) is 3.14. The maximum Gasteiger partial charge on any atom is 0.254 e. The van der Waals surface area contributed by atoms with Gasteiger partial charge in [-0.05, 0) is 37.5 Å². The summed E-state index contributed by atoms with van der Waals surface area (Å²) in [4.78, 5) is 14.9. The van der Waals surface area contributed by atoms with Crippen LogP contribution >= 0.6 is 27.5 Å². The van der Waals surface area contributed by atoms with Crippen LogP contribution in [0.1, 0.15) is 41.6 Å². The summed E-state index contributed by atoms with van der Waals surface area (Å²) in [5.41, 5.74) is 1.57. The molecule has 104 valence electrons. The lowest BCUT2D eigenvalue weighted by Crippen LogP contribution is -2.44. The van der Waals surface area contributed by atoms with Gasteiger partial charge in [-0.1, -0.05) is 46.4 Å². The SMILES string of the molecule is Cc1c(Cl)cccc1C(=O)N(C)C1CCCCC1Br. The lowest BCUT2D eigenvalue weighted by Gasteiger charge is -2.35. The van der Waals surface area contributed by atoms with E-state index in [-0.39, 0.29) is 11.9 Å². The second kappa shape index (κ2) is 6.27. The van der Waals surface area contributed by atoms with Gasteiger partial charge in [-0.25, -0.2) is 0 Å². The molecule has 0 aliphatic heterocycles. The molecule has 4 heteroatoms. The Balaban J connectivity index is 2.21. The van der Waals surface area contributed by atoms with E-state index in [4.69, 9.17) is 11.6 Å². The Morgan fingerprint density at radius 2 is 2.05 bits per heavy atom. The summed E-state index contributed by atoms with van der Waals surface area (Å²) >= 11 is 9.81. The molecule has 1 aromatic carbocycles. The predicted octanol–water partition coefficient (Wildman–Crippen LogP) is 4.43. The number of carbonyl (C=O) groups excluding carboxylic acids is 1. The average Bonchev–Trinajstić information content (AvgIpc) is 2.41. The van der Waals surface area contributed by atoms with Crippen molar-refractivity contribution in [1.29, 1.82) is 0 Å². The maximum absolute atomic E-state index is 12.6. The number of amides is 1. The molecule has 2 atom stereocenters. The molecule has 1 aromatic rings. The van der Waals surface area contributed by atoms with Crippen LogP contribution in [-0.4, -0.2) is 28.7 Å². The molecule has 1 saturated carbocycles. The Labute approximate surface area is 128 Å². The van der Waals surface area contributed by atoms with E-state index in [1.54, 1.807) is 0 Å². The van der Waals surface area contributed by atoms with Gasteiger partial charge in [0.05, 0.1) is 0 Å². The molecule has 19 heavy (non-hydrogen) atoms. The average molecular weight is 345 g/mol. The number of hydrogen-bond donors (Lipinski definition) is 0. The summed E-state index contributed by atoms with van der Waals surface area (Å²) in [5.74, 6) is 0.0661. The highest BCUT2D eigenvalue weighted by Crippen LogP contribution is 2.29. The quantitative estimate of drug-likeness (QED) is 0.727. The van der Waals surface area contributed by atoms with E-state index >= 15 is 0 Å². The third-order valence-corrected chi connectivity index (χ3v) is 5.44. The van der Waals surface area contributed by atoms with Gasteiger partial charge in [-0.2, -0.15) is 0 Å². The minimum absolute atomic E-state index is 0.0661. The van der Waals surface area contributed by atoms with E-state index < -0.39 is 0 Å². The smallest absolute Gasteiger partial charge is 0.254 e. The fraction of sp³-hybridized carbons (Fsp3) is 0.533. The van der Waals surface area contributed by atoms with E-state index in [0.29, 0.717) is 15.4 Å². The van der Waals surface area contributed by atoms with Crippen LogP contribution in [0.5, 0.6) is 0 Å². The van der Waals surface area contributed by atoms with Crippen molar-refractivity contribution in [2.24, 2.45) is 0 Å². The second-order valence-corrected chi connectivity index (χ2v) is 6.78. The van der Waals surface area contributed by atoms with Crippen LogP contribution in [0.2, 0.25) is 5.02 Å². The molecule has 0 bridgehead atoms. The summed E-state index contributed by atoms with van der Waals surface area (Å²) in [6.07, 6.45) is 4.64. The normalized spacial score (nSPS) is 23.2. The largest absolute Gasteiger partial charge is 0.338 e. The van der Waals surface area contributed by atoms with Crippen molar-refractivity contribution in [3.05, 3.63) is 34.3 Å². The Kier molecular flexibility index (Phi) is 4.91. The van der Waals surface area contributed by atoms with Crippen LogP contribution in [0.4, 0.5) is 0 Å². The maximum atomic E-state index is 12.6. The summed E-state index contributed by atoms with van der Waals surface area (Å²) in [5, 5.41) is 0.651. The molecule has 1 aliphatic carbocycles. The van der Waals surface area contributed by atoms with Crippen molar-refractivity contribution in [3.8, 4) is 0 Å². The van der Waals surface area contributed by atoms with Crippen LogP contribution in [-0.2, 0) is 0 Å². The molecule has 2 unspecified atom stereocenters. The van der Waals surface area contributed by atoms with Crippen molar-refractivity contribution < 1.29 is 4.79 Å². The molecular weight excluding hydrogens is 326 g/mol. The molecule has 0 saturated heterocycles. The number of hydrogen-bond acceptors (Lipinski definition) is 1. The van der Waals surface area contributed by atoms with Gasteiger partial charge < -0.3 is 4.90 Å². The molecule has 2 nitrogen and oxygen atoms in total. The van der Waals surface area contributed by atoms with Crippen molar-refractivity contribution in [1.82, 2.24) is 4.90 Å². The molecule has 2 rings (SSSR count). The minimum atomic E-state index is 0.0661. The fourth-order valence-corrected chi connectivity index (χ4v) is 3.80. The predicted molar refractivity (Wildman–Crippen MR) is 83.3 cm³/mol. The third-order valence-electron chi connectivity index (χ3n) is 3.96. The fourth-order valence-electron chi connectivity index (χ4n) is 2.68. The minimum Gasteiger partial charge on any atom is -0.338 e. The lowest BCUT2D eigenvalue weighted by atomic mass is 9.93. The second-order valence-electron chi connectivity index (χ2n) is 5.20. The van der Waals surface area contributed by atoms with Crippen LogP contribution in [0.3, 0.4) is 0 Å². The Hall–Kier alpha value is -0.540. The monoisotopic (exact) mass is 343 g/mol. The number of nitrogens with zero attached hydrogens (tertiary/aromatic N) is 1. The van der Waals surface area contributed by atoms with E-state index in [1.807, 2.05) is 37.1 Å². The molecule has 0 radical (unpaired) electrons. The zero-order chi connectivity index (χ0) is 14.0. The van der Waals surface area contributed by atoms with Gasteiger partial charge in [-0.3, -0.25) is 4.79 Å². The zero-order valence-corrected chi connectivity index (χ0v) is 13.7. The molecule has 1 aliphatic rings. The van der Waals surface area contributed by atoms with Crippen LogP contribution in [0.15, 0.2) is 18.2 Å². The van der Waals surface area contributed by atoms with Gasteiger partial charge in [-0.15, -0.1) is 0 Å². The van der Waals surface area contributed by atoms with E-state index in [9.17, 15) is 4.79 Å². The topological polar surface area (TPSA) is 20.3 Å². The molecular formula is C15H19BrClNO.